The number of benzene rings is 1. The first kappa shape index (κ1) is 14.4. The molecular formula is C13H15BrF2N2O. The van der Waals surface area contributed by atoms with Crippen LogP contribution in [-0.2, 0) is 4.79 Å². The summed E-state index contributed by atoms with van der Waals surface area (Å²) in [5.41, 5.74) is -0.652. The average Bonchev–Trinajstić information content (AvgIpc) is 2.86. The summed E-state index contributed by atoms with van der Waals surface area (Å²) in [5.74, 6) is -1.52. The van der Waals surface area contributed by atoms with Gasteiger partial charge in [0.25, 0.3) is 0 Å². The van der Waals surface area contributed by atoms with Crippen LogP contribution < -0.4 is 10.6 Å². The summed E-state index contributed by atoms with van der Waals surface area (Å²) in [7, 11) is 0. The summed E-state index contributed by atoms with van der Waals surface area (Å²) in [6, 6.07) is 2.00. The van der Waals surface area contributed by atoms with Gasteiger partial charge in [0.15, 0.2) is 0 Å². The summed E-state index contributed by atoms with van der Waals surface area (Å²) in [6.07, 6.45) is 1.36. The van der Waals surface area contributed by atoms with Gasteiger partial charge in [-0.3, -0.25) is 4.79 Å². The molecule has 1 aliphatic heterocycles. The number of rotatable bonds is 3. The number of carbonyl (C=O) groups excluding carboxylic acids is 1. The Morgan fingerprint density at radius 3 is 2.79 bits per heavy atom. The molecule has 0 aliphatic carbocycles. The Bertz CT molecular complexity index is 502. The summed E-state index contributed by atoms with van der Waals surface area (Å²) in [4.78, 5) is 12.3. The lowest BCUT2D eigenvalue weighted by molar-refractivity contribution is -0.124. The van der Waals surface area contributed by atoms with Crippen molar-refractivity contribution in [2.45, 2.75) is 19.8 Å². The molecule has 1 aliphatic rings. The van der Waals surface area contributed by atoms with E-state index < -0.39 is 17.0 Å². The van der Waals surface area contributed by atoms with Crippen molar-refractivity contribution in [1.29, 1.82) is 0 Å². The lowest BCUT2D eigenvalue weighted by Gasteiger charge is -2.25. The first-order chi connectivity index (χ1) is 8.98. The second kappa shape index (κ2) is 5.54. The number of anilines is 1. The number of nitrogens with one attached hydrogen (secondary N) is 2. The van der Waals surface area contributed by atoms with Crippen molar-refractivity contribution >= 4 is 27.5 Å². The van der Waals surface area contributed by atoms with Crippen LogP contribution in [0.3, 0.4) is 0 Å². The monoisotopic (exact) mass is 332 g/mol. The van der Waals surface area contributed by atoms with E-state index in [-0.39, 0.29) is 16.1 Å². The van der Waals surface area contributed by atoms with Gasteiger partial charge in [0.05, 0.1) is 15.6 Å². The van der Waals surface area contributed by atoms with Gasteiger partial charge in [-0.2, -0.15) is 0 Å². The molecule has 104 valence electrons. The van der Waals surface area contributed by atoms with Gasteiger partial charge >= 0.3 is 0 Å². The minimum absolute atomic E-state index is 0.0377. The quantitative estimate of drug-likeness (QED) is 0.835. The van der Waals surface area contributed by atoms with Crippen LogP contribution in [0.15, 0.2) is 16.6 Å². The van der Waals surface area contributed by atoms with Crippen molar-refractivity contribution in [1.82, 2.24) is 5.32 Å². The molecule has 2 N–H and O–H groups in total. The maximum atomic E-state index is 13.7. The molecular weight excluding hydrogens is 318 g/mol. The smallest absolute Gasteiger partial charge is 0.231 e. The maximum absolute atomic E-state index is 13.7. The SMILES string of the molecule is CCC1(C(=O)Nc2cc(F)c(Br)cc2F)CCNC1. The highest BCUT2D eigenvalue weighted by molar-refractivity contribution is 9.10. The molecule has 3 nitrogen and oxygen atoms in total. The molecule has 1 aromatic rings. The maximum Gasteiger partial charge on any atom is 0.231 e. The number of hydrogen-bond donors (Lipinski definition) is 2. The Balaban J connectivity index is 2.21. The normalized spacial score (nSPS) is 22.5. The van der Waals surface area contributed by atoms with Crippen LogP contribution in [0.5, 0.6) is 0 Å². The van der Waals surface area contributed by atoms with Gasteiger partial charge in [0, 0.05) is 12.6 Å². The molecule has 0 spiro atoms. The zero-order valence-corrected chi connectivity index (χ0v) is 12.1. The van der Waals surface area contributed by atoms with E-state index in [1.165, 1.54) is 0 Å². The fourth-order valence-corrected chi connectivity index (χ4v) is 2.59. The summed E-state index contributed by atoms with van der Waals surface area (Å²) < 4.78 is 27.1. The van der Waals surface area contributed by atoms with E-state index >= 15 is 0 Å². The largest absolute Gasteiger partial charge is 0.323 e. The Morgan fingerprint density at radius 2 is 2.21 bits per heavy atom. The van der Waals surface area contributed by atoms with Crippen molar-refractivity contribution in [3.8, 4) is 0 Å². The molecule has 0 saturated carbocycles. The van der Waals surface area contributed by atoms with E-state index in [2.05, 4.69) is 26.6 Å². The number of halogens is 3. The van der Waals surface area contributed by atoms with Gasteiger partial charge < -0.3 is 10.6 Å². The fraction of sp³-hybridized carbons (Fsp3) is 0.462. The van der Waals surface area contributed by atoms with Crippen LogP contribution in [-0.4, -0.2) is 19.0 Å². The molecule has 0 bridgehead atoms. The molecule has 1 atom stereocenters. The molecule has 1 fully saturated rings. The molecule has 6 heteroatoms. The van der Waals surface area contributed by atoms with E-state index in [1.54, 1.807) is 0 Å². The average molecular weight is 333 g/mol. The highest BCUT2D eigenvalue weighted by Gasteiger charge is 2.39. The van der Waals surface area contributed by atoms with Crippen molar-refractivity contribution in [2.75, 3.05) is 18.4 Å². The summed E-state index contributed by atoms with van der Waals surface area (Å²) >= 11 is 2.90. The Hall–Kier alpha value is -1.01. The molecule has 1 heterocycles. The Morgan fingerprint density at radius 1 is 1.47 bits per heavy atom. The number of carbonyl (C=O) groups is 1. The lowest BCUT2D eigenvalue weighted by Crippen LogP contribution is -2.37. The lowest BCUT2D eigenvalue weighted by atomic mass is 9.83. The third-order valence-electron chi connectivity index (χ3n) is 3.66. The second-order valence-electron chi connectivity index (χ2n) is 4.76. The predicted octanol–water partition coefficient (Wildman–Crippen LogP) is 3.06. The highest BCUT2D eigenvalue weighted by Crippen LogP contribution is 2.32. The van der Waals surface area contributed by atoms with Crippen LogP contribution in [0.1, 0.15) is 19.8 Å². The third kappa shape index (κ3) is 2.79. The van der Waals surface area contributed by atoms with E-state index in [0.717, 1.165) is 18.7 Å². The van der Waals surface area contributed by atoms with Crippen LogP contribution in [0.25, 0.3) is 0 Å². The van der Waals surface area contributed by atoms with E-state index in [0.29, 0.717) is 19.4 Å². The topological polar surface area (TPSA) is 41.1 Å². The van der Waals surface area contributed by atoms with Gasteiger partial charge in [-0.1, -0.05) is 6.92 Å². The van der Waals surface area contributed by atoms with Gasteiger partial charge in [-0.05, 0) is 41.4 Å². The first-order valence-electron chi connectivity index (χ1n) is 6.15. The molecule has 2 rings (SSSR count). The van der Waals surface area contributed by atoms with Crippen LogP contribution in [0, 0.1) is 17.0 Å². The highest BCUT2D eigenvalue weighted by atomic mass is 79.9. The summed E-state index contributed by atoms with van der Waals surface area (Å²) in [5, 5.41) is 5.63. The van der Waals surface area contributed by atoms with Gasteiger partial charge in [0.2, 0.25) is 5.91 Å². The van der Waals surface area contributed by atoms with Crippen molar-refractivity contribution < 1.29 is 13.6 Å². The van der Waals surface area contributed by atoms with Gasteiger partial charge in [-0.25, -0.2) is 8.78 Å². The van der Waals surface area contributed by atoms with Crippen molar-refractivity contribution in [2.24, 2.45) is 5.41 Å². The minimum atomic E-state index is -0.654. The molecule has 1 amide bonds. The molecule has 19 heavy (non-hydrogen) atoms. The fourth-order valence-electron chi connectivity index (χ4n) is 2.27. The minimum Gasteiger partial charge on any atom is -0.323 e. The van der Waals surface area contributed by atoms with Gasteiger partial charge in [0.1, 0.15) is 11.6 Å². The van der Waals surface area contributed by atoms with Crippen molar-refractivity contribution in [3.05, 3.63) is 28.2 Å². The molecule has 1 aromatic carbocycles. The zero-order valence-electron chi connectivity index (χ0n) is 10.5. The Kier molecular flexibility index (Phi) is 4.20. The van der Waals surface area contributed by atoms with E-state index in [4.69, 9.17) is 0 Å². The molecule has 1 saturated heterocycles. The first-order valence-corrected chi connectivity index (χ1v) is 6.94. The molecule has 0 radical (unpaired) electrons. The third-order valence-corrected chi connectivity index (χ3v) is 4.27. The van der Waals surface area contributed by atoms with Crippen LogP contribution in [0.2, 0.25) is 0 Å². The molecule has 1 unspecified atom stereocenters. The van der Waals surface area contributed by atoms with Crippen LogP contribution >= 0.6 is 15.9 Å². The Labute approximate surface area is 118 Å². The summed E-state index contributed by atoms with van der Waals surface area (Å²) in [6.45, 7) is 3.25. The zero-order chi connectivity index (χ0) is 14.0. The van der Waals surface area contributed by atoms with E-state index in [9.17, 15) is 13.6 Å². The second-order valence-corrected chi connectivity index (χ2v) is 5.62. The van der Waals surface area contributed by atoms with Crippen LogP contribution in [0.4, 0.5) is 14.5 Å². The number of hydrogen-bond acceptors (Lipinski definition) is 2. The van der Waals surface area contributed by atoms with E-state index in [1.807, 2.05) is 6.92 Å². The molecule has 0 aromatic heterocycles. The standard InChI is InChI=1S/C13H15BrF2N2O/c1-2-13(3-4-17-7-13)12(19)18-11-6-9(15)8(14)5-10(11)16/h5-6,17H,2-4,7H2,1H3,(H,18,19). The van der Waals surface area contributed by atoms with Gasteiger partial charge in [-0.15, -0.1) is 0 Å². The predicted molar refractivity (Wildman–Crippen MR) is 72.9 cm³/mol. The van der Waals surface area contributed by atoms with Crippen molar-refractivity contribution in [3.63, 3.8) is 0 Å². The number of amides is 1.